The van der Waals surface area contributed by atoms with Gasteiger partial charge in [-0.25, -0.2) is 4.39 Å². The van der Waals surface area contributed by atoms with Crippen molar-refractivity contribution in [3.63, 3.8) is 0 Å². The lowest BCUT2D eigenvalue weighted by Crippen LogP contribution is -1.94. The highest BCUT2D eigenvalue weighted by Gasteiger charge is 2.08. The maximum atomic E-state index is 13.6. The van der Waals surface area contributed by atoms with Gasteiger partial charge in [0.15, 0.2) is 11.6 Å². The maximum Gasteiger partial charge on any atom is 0.166 e. The van der Waals surface area contributed by atoms with Crippen LogP contribution in [0.3, 0.4) is 0 Å². The molecule has 2 aromatic carbocycles. The van der Waals surface area contributed by atoms with Crippen LogP contribution in [-0.4, -0.2) is 5.11 Å². The summed E-state index contributed by atoms with van der Waals surface area (Å²) in [6.45, 7) is 1.78. The van der Waals surface area contributed by atoms with Crippen molar-refractivity contribution < 1.29 is 14.2 Å². The van der Waals surface area contributed by atoms with E-state index in [1.807, 2.05) is 19.1 Å². The molecule has 4 heteroatoms. The zero-order valence-electron chi connectivity index (χ0n) is 9.78. The van der Waals surface area contributed by atoms with Crippen molar-refractivity contribution in [2.24, 2.45) is 0 Å². The number of ether oxygens (including phenoxy) is 1. The second kappa shape index (κ2) is 5.50. The molecule has 0 aliphatic rings. The fraction of sp³-hybridized carbons (Fsp3) is 0.143. The van der Waals surface area contributed by atoms with Crippen molar-refractivity contribution in [2.75, 3.05) is 0 Å². The van der Waals surface area contributed by atoms with Gasteiger partial charge < -0.3 is 9.84 Å². The lowest BCUT2D eigenvalue weighted by atomic mass is 10.1. The molecule has 0 fully saturated rings. The van der Waals surface area contributed by atoms with Crippen LogP contribution in [0, 0.1) is 12.7 Å². The smallest absolute Gasteiger partial charge is 0.166 e. The Kier molecular flexibility index (Phi) is 3.99. The van der Waals surface area contributed by atoms with Gasteiger partial charge in [-0.2, -0.15) is 0 Å². The average molecular weight is 311 g/mol. The molecule has 18 heavy (non-hydrogen) atoms. The zero-order chi connectivity index (χ0) is 13.1. The topological polar surface area (TPSA) is 29.5 Å². The molecule has 2 nitrogen and oxygen atoms in total. The molecule has 0 atom stereocenters. The number of rotatable bonds is 3. The summed E-state index contributed by atoms with van der Waals surface area (Å²) in [7, 11) is 0. The second-order valence-electron chi connectivity index (χ2n) is 3.95. The number of benzene rings is 2. The molecular weight excluding hydrogens is 299 g/mol. The predicted octanol–water partition coefficient (Wildman–Crippen LogP) is 4.18. The van der Waals surface area contributed by atoms with Crippen LogP contribution >= 0.6 is 15.9 Å². The minimum Gasteiger partial charge on any atom is -0.454 e. The van der Waals surface area contributed by atoms with Gasteiger partial charge in [0.2, 0.25) is 0 Å². The van der Waals surface area contributed by atoms with E-state index in [-0.39, 0.29) is 12.4 Å². The molecule has 0 radical (unpaired) electrons. The fourth-order valence-electron chi connectivity index (χ4n) is 1.61. The first-order valence-electron chi connectivity index (χ1n) is 5.43. The maximum absolute atomic E-state index is 13.6. The Labute approximate surface area is 113 Å². The van der Waals surface area contributed by atoms with E-state index >= 15 is 0 Å². The fourth-order valence-corrected chi connectivity index (χ4v) is 1.94. The summed E-state index contributed by atoms with van der Waals surface area (Å²) in [6.07, 6.45) is 0. The van der Waals surface area contributed by atoms with Crippen molar-refractivity contribution in [2.45, 2.75) is 13.5 Å². The number of aryl methyl sites for hydroxylation is 1. The monoisotopic (exact) mass is 310 g/mol. The van der Waals surface area contributed by atoms with Crippen molar-refractivity contribution in [3.8, 4) is 11.5 Å². The van der Waals surface area contributed by atoms with Crippen LogP contribution in [0.1, 0.15) is 11.1 Å². The summed E-state index contributed by atoms with van der Waals surface area (Å²) in [5.41, 5.74) is 1.65. The van der Waals surface area contributed by atoms with E-state index in [1.54, 1.807) is 18.2 Å². The first kappa shape index (κ1) is 13.1. The molecule has 0 aromatic heterocycles. The molecule has 1 N–H and O–H groups in total. The Morgan fingerprint density at radius 2 is 1.89 bits per heavy atom. The summed E-state index contributed by atoms with van der Waals surface area (Å²) in [5, 5.41) is 9.25. The Morgan fingerprint density at radius 1 is 1.17 bits per heavy atom. The summed E-state index contributed by atoms with van der Waals surface area (Å²) in [4.78, 5) is 0. The van der Waals surface area contributed by atoms with Gasteiger partial charge in [0.05, 0.1) is 6.61 Å². The van der Waals surface area contributed by atoms with Gasteiger partial charge in [0.1, 0.15) is 5.75 Å². The van der Waals surface area contributed by atoms with E-state index < -0.39 is 5.82 Å². The van der Waals surface area contributed by atoms with Crippen LogP contribution in [0.2, 0.25) is 0 Å². The largest absolute Gasteiger partial charge is 0.454 e. The molecule has 0 heterocycles. The third kappa shape index (κ3) is 2.89. The Balaban J connectivity index is 2.33. The summed E-state index contributed by atoms with van der Waals surface area (Å²) in [6, 6.07) is 9.97. The molecule has 0 bridgehead atoms. The molecule has 2 rings (SSSR count). The predicted molar refractivity (Wildman–Crippen MR) is 71.3 cm³/mol. The minimum atomic E-state index is -0.450. The zero-order valence-corrected chi connectivity index (χ0v) is 11.4. The van der Waals surface area contributed by atoms with Crippen LogP contribution in [0.4, 0.5) is 4.39 Å². The number of hydrogen-bond donors (Lipinski definition) is 1. The lowest BCUT2D eigenvalue weighted by Gasteiger charge is -2.11. The molecular formula is C14H12BrFO2. The van der Waals surface area contributed by atoms with E-state index in [2.05, 4.69) is 15.9 Å². The normalized spacial score (nSPS) is 10.4. The van der Waals surface area contributed by atoms with E-state index in [4.69, 9.17) is 4.74 Å². The van der Waals surface area contributed by atoms with Crippen LogP contribution in [0.15, 0.2) is 40.9 Å². The van der Waals surface area contributed by atoms with Gasteiger partial charge >= 0.3 is 0 Å². The number of halogens is 2. The van der Waals surface area contributed by atoms with Gasteiger partial charge in [0.25, 0.3) is 0 Å². The quantitative estimate of drug-likeness (QED) is 0.921. The number of aliphatic hydroxyl groups excluding tert-OH is 1. The molecule has 0 unspecified atom stereocenters. The van der Waals surface area contributed by atoms with Gasteiger partial charge in [-0.1, -0.05) is 33.6 Å². The van der Waals surface area contributed by atoms with Gasteiger partial charge in [-0.15, -0.1) is 0 Å². The van der Waals surface area contributed by atoms with Gasteiger partial charge in [0, 0.05) is 10.0 Å². The summed E-state index contributed by atoms with van der Waals surface area (Å²) < 4.78 is 19.8. The molecule has 0 saturated carbocycles. The van der Waals surface area contributed by atoms with Crippen molar-refractivity contribution in [1.29, 1.82) is 0 Å². The lowest BCUT2D eigenvalue weighted by molar-refractivity contribution is 0.276. The van der Waals surface area contributed by atoms with E-state index in [1.165, 1.54) is 6.07 Å². The standard InChI is InChI=1S/C14H12BrFO2/c1-9-2-4-13(10(6-9)8-17)18-14-5-3-11(15)7-12(14)16/h2-7,17H,8H2,1H3. The van der Waals surface area contributed by atoms with E-state index in [0.29, 0.717) is 15.8 Å². The third-order valence-corrected chi connectivity index (χ3v) is 2.99. The molecule has 0 amide bonds. The highest BCUT2D eigenvalue weighted by Crippen LogP contribution is 2.29. The molecule has 94 valence electrons. The van der Waals surface area contributed by atoms with Gasteiger partial charge in [-0.3, -0.25) is 0 Å². The minimum absolute atomic E-state index is 0.136. The number of hydrogen-bond acceptors (Lipinski definition) is 2. The summed E-state index contributed by atoms with van der Waals surface area (Å²) >= 11 is 3.18. The first-order valence-corrected chi connectivity index (χ1v) is 6.23. The van der Waals surface area contributed by atoms with Crippen molar-refractivity contribution in [1.82, 2.24) is 0 Å². The number of aliphatic hydroxyl groups is 1. The Bertz CT molecular complexity index is 570. The highest BCUT2D eigenvalue weighted by atomic mass is 79.9. The van der Waals surface area contributed by atoms with Crippen molar-refractivity contribution >= 4 is 15.9 Å². The molecule has 0 saturated heterocycles. The summed E-state index contributed by atoms with van der Waals surface area (Å²) in [5.74, 6) is 0.148. The van der Waals surface area contributed by atoms with Crippen LogP contribution < -0.4 is 4.74 Å². The SMILES string of the molecule is Cc1ccc(Oc2ccc(Br)cc2F)c(CO)c1. The molecule has 0 spiro atoms. The van der Waals surface area contributed by atoms with E-state index in [9.17, 15) is 9.50 Å². The molecule has 0 aliphatic heterocycles. The first-order chi connectivity index (χ1) is 8.60. The Hall–Kier alpha value is -1.39. The van der Waals surface area contributed by atoms with E-state index in [0.717, 1.165) is 5.56 Å². The molecule has 2 aromatic rings. The van der Waals surface area contributed by atoms with Gasteiger partial charge in [-0.05, 0) is 31.2 Å². The second-order valence-corrected chi connectivity index (χ2v) is 4.86. The van der Waals surface area contributed by atoms with Crippen molar-refractivity contribution in [3.05, 3.63) is 57.8 Å². The van der Waals surface area contributed by atoms with Crippen LogP contribution in [0.5, 0.6) is 11.5 Å². The Morgan fingerprint density at radius 3 is 2.56 bits per heavy atom. The highest BCUT2D eigenvalue weighted by molar-refractivity contribution is 9.10. The average Bonchev–Trinajstić information content (AvgIpc) is 2.34. The molecule has 0 aliphatic carbocycles. The van der Waals surface area contributed by atoms with Crippen LogP contribution in [-0.2, 0) is 6.61 Å². The van der Waals surface area contributed by atoms with Crippen LogP contribution in [0.25, 0.3) is 0 Å². The third-order valence-electron chi connectivity index (χ3n) is 2.50.